The summed E-state index contributed by atoms with van der Waals surface area (Å²) in [4.78, 5) is 21.5. The van der Waals surface area contributed by atoms with E-state index in [1.165, 1.54) is 0 Å². The normalized spacial score (nSPS) is 12.6. The monoisotopic (exact) mass is 188 g/mol. The van der Waals surface area contributed by atoms with Crippen molar-refractivity contribution < 1.29 is 14.3 Å². The molecule has 0 bridgehead atoms. The van der Waals surface area contributed by atoms with Crippen LogP contribution in [0.1, 0.15) is 20.8 Å². The molecule has 1 atom stereocenters. The molecule has 0 aromatic carbocycles. The fourth-order valence-electron chi connectivity index (χ4n) is 0.642. The van der Waals surface area contributed by atoms with E-state index in [1.54, 1.807) is 20.8 Å². The maximum Gasteiger partial charge on any atom is 0.320 e. The molecule has 0 aromatic rings. The molecule has 0 aliphatic carbocycles. The Morgan fingerprint density at radius 2 is 1.92 bits per heavy atom. The molecule has 0 saturated carbocycles. The minimum absolute atomic E-state index is 0.00227. The molecule has 5 nitrogen and oxygen atoms in total. The van der Waals surface area contributed by atoms with Gasteiger partial charge in [-0.05, 0) is 20.8 Å². The third kappa shape index (κ3) is 6.10. The lowest BCUT2D eigenvalue weighted by molar-refractivity contribution is -0.146. The fraction of sp³-hybridized carbons (Fsp3) is 0.750. The summed E-state index contributed by atoms with van der Waals surface area (Å²) >= 11 is 0. The van der Waals surface area contributed by atoms with E-state index in [9.17, 15) is 9.59 Å². The Balaban J connectivity index is 3.64. The van der Waals surface area contributed by atoms with Crippen molar-refractivity contribution in [1.29, 1.82) is 0 Å². The van der Waals surface area contributed by atoms with Gasteiger partial charge in [-0.2, -0.15) is 0 Å². The second kappa shape index (κ2) is 5.53. The average Bonchev–Trinajstić information content (AvgIpc) is 1.98. The van der Waals surface area contributed by atoms with E-state index in [-0.39, 0.29) is 18.6 Å². The van der Waals surface area contributed by atoms with Gasteiger partial charge in [-0.25, -0.2) is 0 Å². The maximum absolute atomic E-state index is 10.9. The first kappa shape index (κ1) is 11.9. The molecule has 0 aromatic heterocycles. The van der Waals surface area contributed by atoms with Gasteiger partial charge in [0.1, 0.15) is 0 Å². The van der Waals surface area contributed by atoms with Crippen LogP contribution in [0.5, 0.6) is 0 Å². The van der Waals surface area contributed by atoms with Crippen LogP contribution in [-0.4, -0.2) is 30.6 Å². The summed E-state index contributed by atoms with van der Waals surface area (Å²) in [7, 11) is 0. The van der Waals surface area contributed by atoms with Crippen LogP contribution in [0.2, 0.25) is 0 Å². The van der Waals surface area contributed by atoms with Crippen LogP contribution >= 0.6 is 0 Å². The number of hydrogen-bond donors (Lipinski definition) is 2. The van der Waals surface area contributed by atoms with Gasteiger partial charge in [0.05, 0.1) is 18.7 Å². The van der Waals surface area contributed by atoms with E-state index in [0.717, 1.165) is 0 Å². The molecule has 0 saturated heterocycles. The van der Waals surface area contributed by atoms with E-state index in [4.69, 9.17) is 10.5 Å². The number of amides is 1. The highest BCUT2D eigenvalue weighted by Crippen LogP contribution is 1.88. The van der Waals surface area contributed by atoms with Crippen molar-refractivity contribution in [1.82, 2.24) is 5.32 Å². The molecule has 3 N–H and O–H groups in total. The van der Waals surface area contributed by atoms with Crippen molar-refractivity contribution >= 4 is 11.9 Å². The summed E-state index contributed by atoms with van der Waals surface area (Å²) in [5, 5.41) is 2.64. The van der Waals surface area contributed by atoms with E-state index in [1.807, 2.05) is 0 Å². The van der Waals surface area contributed by atoms with Gasteiger partial charge in [0, 0.05) is 0 Å². The first-order valence-electron chi connectivity index (χ1n) is 4.15. The maximum atomic E-state index is 10.9. The Hall–Kier alpha value is -1.10. The number of ether oxygens (including phenoxy) is 1. The molecule has 0 spiro atoms. The molecule has 0 rings (SSSR count). The Morgan fingerprint density at radius 3 is 2.31 bits per heavy atom. The molecule has 0 fully saturated rings. The van der Waals surface area contributed by atoms with Crippen molar-refractivity contribution in [2.45, 2.75) is 32.9 Å². The van der Waals surface area contributed by atoms with Gasteiger partial charge >= 0.3 is 5.97 Å². The van der Waals surface area contributed by atoms with Gasteiger partial charge in [-0.15, -0.1) is 0 Å². The highest BCUT2D eigenvalue weighted by atomic mass is 16.5. The predicted molar refractivity (Wildman–Crippen MR) is 47.9 cm³/mol. The zero-order valence-corrected chi connectivity index (χ0v) is 8.16. The number of nitrogens with one attached hydrogen (secondary N) is 1. The summed E-state index contributed by atoms with van der Waals surface area (Å²) < 4.78 is 4.83. The van der Waals surface area contributed by atoms with Crippen molar-refractivity contribution in [2.24, 2.45) is 5.73 Å². The van der Waals surface area contributed by atoms with E-state index >= 15 is 0 Å². The van der Waals surface area contributed by atoms with Crippen LogP contribution in [0.15, 0.2) is 0 Å². The summed E-state index contributed by atoms with van der Waals surface area (Å²) in [5.74, 6) is -0.875. The Labute approximate surface area is 77.6 Å². The minimum Gasteiger partial charge on any atom is -0.462 e. The third-order valence-electron chi connectivity index (χ3n) is 1.35. The standard InChI is InChI=1S/C8H16N2O3/c1-5(2)13-7(11)4-10-6(3)8(9)12/h5-6,10H,4H2,1-3H3,(H2,9,12). The largest absolute Gasteiger partial charge is 0.462 e. The number of carbonyl (C=O) groups is 2. The molecule has 0 aliphatic rings. The Kier molecular flexibility index (Phi) is 5.06. The molecule has 13 heavy (non-hydrogen) atoms. The van der Waals surface area contributed by atoms with E-state index in [2.05, 4.69) is 5.32 Å². The molecular formula is C8H16N2O3. The topological polar surface area (TPSA) is 81.4 Å². The van der Waals surface area contributed by atoms with E-state index in [0.29, 0.717) is 0 Å². The van der Waals surface area contributed by atoms with Gasteiger partial charge in [-0.3, -0.25) is 14.9 Å². The van der Waals surface area contributed by atoms with Crippen molar-refractivity contribution in [3.63, 3.8) is 0 Å². The Morgan fingerprint density at radius 1 is 1.38 bits per heavy atom. The average molecular weight is 188 g/mol. The second-order valence-corrected chi connectivity index (χ2v) is 3.04. The highest BCUT2D eigenvalue weighted by molar-refractivity contribution is 5.80. The number of esters is 1. The summed E-state index contributed by atoms with van der Waals surface area (Å²) in [6, 6.07) is -0.514. The SMILES string of the molecule is CC(C)OC(=O)CNC(C)C(N)=O. The lowest BCUT2D eigenvalue weighted by Gasteiger charge is -2.11. The molecule has 0 radical (unpaired) electrons. The quantitative estimate of drug-likeness (QED) is 0.564. The molecular weight excluding hydrogens is 172 g/mol. The van der Waals surface area contributed by atoms with Crippen molar-refractivity contribution in [2.75, 3.05) is 6.54 Å². The third-order valence-corrected chi connectivity index (χ3v) is 1.35. The predicted octanol–water partition coefficient (Wildman–Crippen LogP) is -0.599. The number of nitrogens with two attached hydrogens (primary N) is 1. The van der Waals surface area contributed by atoms with Crippen molar-refractivity contribution in [3.8, 4) is 0 Å². The first-order chi connectivity index (χ1) is 5.93. The van der Waals surface area contributed by atoms with Crippen LogP contribution in [0, 0.1) is 0 Å². The molecule has 5 heteroatoms. The molecule has 0 aliphatic heterocycles. The van der Waals surface area contributed by atoms with E-state index < -0.39 is 11.9 Å². The van der Waals surface area contributed by atoms with Gasteiger partial charge in [0.15, 0.2) is 0 Å². The second-order valence-electron chi connectivity index (χ2n) is 3.04. The zero-order valence-electron chi connectivity index (χ0n) is 8.16. The fourth-order valence-corrected chi connectivity index (χ4v) is 0.642. The molecule has 76 valence electrons. The highest BCUT2D eigenvalue weighted by Gasteiger charge is 2.11. The van der Waals surface area contributed by atoms with Crippen molar-refractivity contribution in [3.05, 3.63) is 0 Å². The summed E-state index contributed by atoms with van der Waals surface area (Å²) in [6.45, 7) is 5.11. The lowest BCUT2D eigenvalue weighted by Crippen LogP contribution is -2.41. The van der Waals surface area contributed by atoms with Gasteiger partial charge in [0.25, 0.3) is 0 Å². The molecule has 0 heterocycles. The summed E-state index contributed by atoms with van der Waals surface area (Å²) in [5.41, 5.74) is 4.97. The van der Waals surface area contributed by atoms with Crippen LogP contribution < -0.4 is 11.1 Å². The smallest absolute Gasteiger partial charge is 0.320 e. The number of primary amides is 1. The van der Waals surface area contributed by atoms with Gasteiger partial charge in [0.2, 0.25) is 5.91 Å². The van der Waals surface area contributed by atoms with Crippen LogP contribution in [-0.2, 0) is 14.3 Å². The van der Waals surface area contributed by atoms with Gasteiger partial charge in [-0.1, -0.05) is 0 Å². The number of hydrogen-bond acceptors (Lipinski definition) is 4. The van der Waals surface area contributed by atoms with Crippen LogP contribution in [0.25, 0.3) is 0 Å². The molecule has 1 unspecified atom stereocenters. The van der Waals surface area contributed by atoms with Gasteiger partial charge < -0.3 is 10.5 Å². The Bertz CT molecular complexity index is 192. The zero-order chi connectivity index (χ0) is 10.4. The number of rotatable bonds is 5. The van der Waals surface area contributed by atoms with Crippen LogP contribution in [0.3, 0.4) is 0 Å². The first-order valence-corrected chi connectivity index (χ1v) is 4.15. The summed E-state index contributed by atoms with van der Waals surface area (Å²) in [6.07, 6.45) is -0.141. The molecule has 1 amide bonds. The minimum atomic E-state index is -0.514. The van der Waals surface area contributed by atoms with Crippen LogP contribution in [0.4, 0.5) is 0 Å². The lowest BCUT2D eigenvalue weighted by atomic mass is 10.3. The number of carbonyl (C=O) groups excluding carboxylic acids is 2.